The Labute approximate surface area is 131 Å². The molecule has 2 heteroatoms. The quantitative estimate of drug-likeness (QED) is 0.689. The summed E-state index contributed by atoms with van der Waals surface area (Å²) in [5.41, 5.74) is 10.0. The normalized spacial score (nSPS) is 10.4. The molecule has 0 aliphatic rings. The number of rotatable bonds is 4. The van der Waals surface area contributed by atoms with Gasteiger partial charge in [0.1, 0.15) is 11.5 Å². The van der Waals surface area contributed by atoms with E-state index >= 15 is 0 Å². The summed E-state index contributed by atoms with van der Waals surface area (Å²) in [6.07, 6.45) is 0.852. The molecule has 0 aliphatic carbocycles. The molecule has 0 spiro atoms. The van der Waals surface area contributed by atoms with Gasteiger partial charge in [0.2, 0.25) is 0 Å². The lowest BCUT2D eigenvalue weighted by atomic mass is 10.0. The second-order valence-corrected chi connectivity index (χ2v) is 5.40. The summed E-state index contributed by atoms with van der Waals surface area (Å²) in [4.78, 5) is 0. The van der Waals surface area contributed by atoms with Gasteiger partial charge in [-0.05, 0) is 47.9 Å². The van der Waals surface area contributed by atoms with Gasteiger partial charge in [-0.1, -0.05) is 48.5 Å². The molecule has 3 rings (SSSR count). The largest absolute Gasteiger partial charge is 0.457 e. The predicted octanol–water partition coefficient (Wildman–Crippen LogP) is 4.96. The molecule has 2 nitrogen and oxygen atoms in total. The molecular weight excluding hydrogens is 270 g/mol. The summed E-state index contributed by atoms with van der Waals surface area (Å²) in [5.74, 6) is 1.73. The van der Waals surface area contributed by atoms with Gasteiger partial charge in [0, 0.05) is 12.1 Å². The molecule has 3 aromatic carbocycles. The first-order valence-corrected chi connectivity index (χ1v) is 7.38. The minimum Gasteiger partial charge on any atom is -0.457 e. The van der Waals surface area contributed by atoms with E-state index in [0.29, 0.717) is 0 Å². The number of ether oxygens (including phenoxy) is 1. The van der Waals surface area contributed by atoms with Crippen LogP contribution in [0.25, 0.3) is 0 Å². The van der Waals surface area contributed by atoms with Crippen molar-refractivity contribution in [2.24, 2.45) is 0 Å². The number of nitrogens with two attached hydrogens (primary N) is 1. The molecule has 110 valence electrons. The highest BCUT2D eigenvalue weighted by Crippen LogP contribution is 2.30. The van der Waals surface area contributed by atoms with Crippen molar-refractivity contribution < 1.29 is 4.74 Å². The van der Waals surface area contributed by atoms with Crippen molar-refractivity contribution in [2.75, 3.05) is 5.73 Å². The molecule has 0 aromatic heterocycles. The molecule has 0 amide bonds. The SMILES string of the molecule is Cc1cc(N)ccc1Oc1ccccc1Cc1ccccc1. The number of anilines is 1. The Bertz CT molecular complexity index is 766. The molecule has 0 heterocycles. The zero-order valence-corrected chi connectivity index (χ0v) is 12.6. The van der Waals surface area contributed by atoms with E-state index in [4.69, 9.17) is 10.5 Å². The highest BCUT2D eigenvalue weighted by Gasteiger charge is 2.07. The maximum absolute atomic E-state index is 6.11. The van der Waals surface area contributed by atoms with Gasteiger partial charge < -0.3 is 10.5 Å². The second-order valence-electron chi connectivity index (χ2n) is 5.40. The van der Waals surface area contributed by atoms with Gasteiger partial charge in [-0.25, -0.2) is 0 Å². The van der Waals surface area contributed by atoms with Crippen LogP contribution in [-0.4, -0.2) is 0 Å². The van der Waals surface area contributed by atoms with Crippen LogP contribution in [-0.2, 0) is 6.42 Å². The van der Waals surface area contributed by atoms with Crippen LogP contribution >= 0.6 is 0 Å². The van der Waals surface area contributed by atoms with Crippen molar-refractivity contribution in [3.05, 3.63) is 89.5 Å². The van der Waals surface area contributed by atoms with E-state index < -0.39 is 0 Å². The summed E-state index contributed by atoms with van der Waals surface area (Å²) >= 11 is 0. The average molecular weight is 289 g/mol. The molecule has 0 saturated carbocycles. The van der Waals surface area contributed by atoms with Gasteiger partial charge in [0.05, 0.1) is 0 Å². The Morgan fingerprint density at radius 1 is 0.818 bits per heavy atom. The Morgan fingerprint density at radius 2 is 1.55 bits per heavy atom. The molecule has 0 atom stereocenters. The number of aryl methyl sites for hydroxylation is 1. The minimum absolute atomic E-state index is 0.752. The summed E-state index contributed by atoms with van der Waals surface area (Å²) in [7, 11) is 0. The fraction of sp³-hybridized carbons (Fsp3) is 0.100. The van der Waals surface area contributed by atoms with Crippen LogP contribution in [0.1, 0.15) is 16.7 Å². The van der Waals surface area contributed by atoms with Crippen LogP contribution in [0.4, 0.5) is 5.69 Å². The molecule has 2 N–H and O–H groups in total. The third-order valence-corrected chi connectivity index (χ3v) is 3.63. The predicted molar refractivity (Wildman–Crippen MR) is 91.4 cm³/mol. The first-order valence-electron chi connectivity index (χ1n) is 7.38. The molecule has 0 unspecified atom stereocenters. The van der Waals surface area contributed by atoms with Crippen LogP contribution < -0.4 is 10.5 Å². The van der Waals surface area contributed by atoms with Gasteiger partial charge in [-0.2, -0.15) is 0 Å². The van der Waals surface area contributed by atoms with Crippen molar-refractivity contribution in [1.82, 2.24) is 0 Å². The number of hydrogen-bond acceptors (Lipinski definition) is 2. The van der Waals surface area contributed by atoms with E-state index in [1.54, 1.807) is 0 Å². The van der Waals surface area contributed by atoms with E-state index in [9.17, 15) is 0 Å². The summed E-state index contributed by atoms with van der Waals surface area (Å²) in [6, 6.07) is 24.3. The van der Waals surface area contributed by atoms with Crippen LogP contribution in [0.5, 0.6) is 11.5 Å². The smallest absolute Gasteiger partial charge is 0.130 e. The highest BCUT2D eigenvalue weighted by molar-refractivity contribution is 5.49. The molecule has 0 bridgehead atoms. The standard InChI is InChI=1S/C20H19NO/c1-15-13-18(21)11-12-19(15)22-20-10-6-5-9-17(20)14-16-7-3-2-4-8-16/h2-13H,14,21H2,1H3. The third kappa shape index (κ3) is 3.29. The van der Waals surface area contributed by atoms with E-state index in [-0.39, 0.29) is 0 Å². The Kier molecular flexibility index (Phi) is 4.10. The van der Waals surface area contributed by atoms with Gasteiger partial charge in [0.15, 0.2) is 0 Å². The van der Waals surface area contributed by atoms with Crippen molar-refractivity contribution >= 4 is 5.69 Å². The zero-order chi connectivity index (χ0) is 15.4. The van der Waals surface area contributed by atoms with Crippen LogP contribution in [0.15, 0.2) is 72.8 Å². The van der Waals surface area contributed by atoms with E-state index in [1.807, 2.05) is 49.4 Å². The zero-order valence-electron chi connectivity index (χ0n) is 12.6. The van der Waals surface area contributed by atoms with Crippen LogP contribution in [0, 0.1) is 6.92 Å². The monoisotopic (exact) mass is 289 g/mol. The van der Waals surface area contributed by atoms with E-state index in [2.05, 4.69) is 30.3 Å². The van der Waals surface area contributed by atoms with Crippen molar-refractivity contribution in [1.29, 1.82) is 0 Å². The van der Waals surface area contributed by atoms with E-state index in [0.717, 1.165) is 29.2 Å². The maximum atomic E-state index is 6.11. The number of nitrogen functional groups attached to an aromatic ring is 1. The van der Waals surface area contributed by atoms with Gasteiger partial charge >= 0.3 is 0 Å². The van der Waals surface area contributed by atoms with Crippen molar-refractivity contribution in [3.8, 4) is 11.5 Å². The Hall–Kier alpha value is -2.74. The number of hydrogen-bond donors (Lipinski definition) is 1. The molecule has 0 fully saturated rings. The molecule has 0 aliphatic heterocycles. The number of benzene rings is 3. The maximum Gasteiger partial charge on any atom is 0.130 e. The Morgan fingerprint density at radius 3 is 2.32 bits per heavy atom. The highest BCUT2D eigenvalue weighted by atomic mass is 16.5. The lowest BCUT2D eigenvalue weighted by molar-refractivity contribution is 0.474. The summed E-state index contributed by atoms with van der Waals surface area (Å²) in [5, 5.41) is 0. The minimum atomic E-state index is 0.752. The van der Waals surface area contributed by atoms with Crippen LogP contribution in [0.2, 0.25) is 0 Å². The summed E-state index contributed by atoms with van der Waals surface area (Å²) in [6.45, 7) is 2.01. The average Bonchev–Trinajstić information content (AvgIpc) is 2.53. The van der Waals surface area contributed by atoms with Gasteiger partial charge in [-0.3, -0.25) is 0 Å². The van der Waals surface area contributed by atoms with Gasteiger partial charge in [0.25, 0.3) is 0 Å². The van der Waals surface area contributed by atoms with E-state index in [1.165, 1.54) is 11.1 Å². The first kappa shape index (κ1) is 14.2. The first-order chi connectivity index (χ1) is 10.7. The molecule has 0 saturated heterocycles. The topological polar surface area (TPSA) is 35.2 Å². The second kappa shape index (κ2) is 6.35. The lowest BCUT2D eigenvalue weighted by Crippen LogP contribution is -1.95. The summed E-state index contributed by atoms with van der Waals surface area (Å²) < 4.78 is 6.11. The van der Waals surface area contributed by atoms with Gasteiger partial charge in [-0.15, -0.1) is 0 Å². The van der Waals surface area contributed by atoms with Crippen molar-refractivity contribution in [2.45, 2.75) is 13.3 Å². The fourth-order valence-corrected chi connectivity index (χ4v) is 2.47. The van der Waals surface area contributed by atoms with Crippen molar-refractivity contribution in [3.63, 3.8) is 0 Å². The number of para-hydroxylation sites is 1. The molecule has 3 aromatic rings. The Balaban J connectivity index is 1.88. The molecule has 0 radical (unpaired) electrons. The molecule has 22 heavy (non-hydrogen) atoms. The third-order valence-electron chi connectivity index (χ3n) is 3.63. The van der Waals surface area contributed by atoms with Crippen LogP contribution in [0.3, 0.4) is 0 Å². The lowest BCUT2D eigenvalue weighted by Gasteiger charge is -2.13. The fourth-order valence-electron chi connectivity index (χ4n) is 2.47. The molecular formula is C20H19NO.